The van der Waals surface area contributed by atoms with Crippen LogP contribution in [-0.2, 0) is 11.2 Å². The van der Waals surface area contributed by atoms with Crippen molar-refractivity contribution in [2.45, 2.75) is 32.8 Å². The number of alkyl carbamates (subject to hydrolysis) is 1. The molecule has 0 aliphatic carbocycles. The van der Waals surface area contributed by atoms with Crippen LogP contribution in [0.1, 0.15) is 26.3 Å². The Labute approximate surface area is 140 Å². The monoisotopic (exact) mass is 338 g/mol. The molecule has 1 aromatic carbocycles. The predicted molar refractivity (Wildman–Crippen MR) is 89.1 cm³/mol. The first-order valence-corrected chi connectivity index (χ1v) is 7.72. The van der Waals surface area contributed by atoms with Crippen LogP contribution < -0.4 is 5.32 Å². The Bertz CT molecular complexity index is 692. The van der Waals surface area contributed by atoms with E-state index >= 15 is 0 Å². The summed E-state index contributed by atoms with van der Waals surface area (Å²) >= 11 is 5.75. The van der Waals surface area contributed by atoms with Crippen LogP contribution in [0.25, 0.3) is 11.3 Å². The number of aromatic nitrogens is 1. The number of hydrogen-bond acceptors (Lipinski definition) is 2. The summed E-state index contributed by atoms with van der Waals surface area (Å²) in [6, 6.07) is 6.40. The minimum Gasteiger partial charge on any atom is -0.444 e. The molecule has 2 rings (SSSR count). The number of amides is 1. The fourth-order valence-electron chi connectivity index (χ4n) is 2.07. The quantitative estimate of drug-likeness (QED) is 0.859. The van der Waals surface area contributed by atoms with Gasteiger partial charge in [0.1, 0.15) is 11.4 Å². The number of ether oxygens (including phenoxy) is 1. The summed E-state index contributed by atoms with van der Waals surface area (Å²) in [6.07, 6.45) is 1.96. The summed E-state index contributed by atoms with van der Waals surface area (Å²) in [5.74, 6) is -0.377. The van der Waals surface area contributed by atoms with Crippen LogP contribution in [0.2, 0.25) is 5.02 Å². The van der Waals surface area contributed by atoms with Gasteiger partial charge in [-0.15, -0.1) is 0 Å². The number of rotatable bonds is 4. The van der Waals surface area contributed by atoms with E-state index in [1.165, 1.54) is 6.07 Å². The lowest BCUT2D eigenvalue weighted by Gasteiger charge is -2.19. The van der Waals surface area contributed by atoms with Crippen molar-refractivity contribution in [1.82, 2.24) is 10.3 Å². The van der Waals surface area contributed by atoms with Crippen LogP contribution >= 0.6 is 11.6 Å². The summed E-state index contributed by atoms with van der Waals surface area (Å²) in [5, 5.41) is 3.05. The lowest BCUT2D eigenvalue weighted by molar-refractivity contribution is 0.0528. The molecular formula is C17H20ClFN2O2. The maximum Gasteiger partial charge on any atom is 0.407 e. The number of carbonyl (C=O) groups excluding carboxylic acids is 1. The van der Waals surface area contributed by atoms with E-state index in [1.54, 1.807) is 18.3 Å². The van der Waals surface area contributed by atoms with Crippen molar-refractivity contribution in [3.63, 3.8) is 0 Å². The van der Waals surface area contributed by atoms with E-state index in [1.807, 2.05) is 26.8 Å². The molecule has 0 atom stereocenters. The highest BCUT2D eigenvalue weighted by Crippen LogP contribution is 2.25. The minimum absolute atomic E-state index is 0.361. The van der Waals surface area contributed by atoms with Crippen LogP contribution in [-0.4, -0.2) is 23.2 Å². The van der Waals surface area contributed by atoms with E-state index in [4.69, 9.17) is 16.3 Å². The van der Waals surface area contributed by atoms with Crippen LogP contribution in [0.4, 0.5) is 9.18 Å². The molecule has 0 radical (unpaired) electrons. The van der Waals surface area contributed by atoms with E-state index in [0.29, 0.717) is 29.2 Å². The normalized spacial score (nSPS) is 11.3. The Morgan fingerprint density at radius 2 is 2.09 bits per heavy atom. The van der Waals surface area contributed by atoms with Gasteiger partial charge < -0.3 is 15.0 Å². The van der Waals surface area contributed by atoms with E-state index < -0.39 is 11.7 Å². The van der Waals surface area contributed by atoms with Crippen molar-refractivity contribution >= 4 is 17.7 Å². The van der Waals surface area contributed by atoms with Gasteiger partial charge in [0.2, 0.25) is 0 Å². The first-order valence-electron chi connectivity index (χ1n) is 7.34. The number of hydrogen-bond donors (Lipinski definition) is 2. The Morgan fingerprint density at radius 1 is 1.35 bits per heavy atom. The minimum atomic E-state index is -0.516. The Morgan fingerprint density at radius 3 is 2.74 bits per heavy atom. The largest absolute Gasteiger partial charge is 0.444 e. The van der Waals surface area contributed by atoms with Gasteiger partial charge in [0, 0.05) is 29.0 Å². The zero-order valence-corrected chi connectivity index (χ0v) is 14.1. The first kappa shape index (κ1) is 17.3. The zero-order valence-electron chi connectivity index (χ0n) is 13.4. The predicted octanol–water partition coefficient (Wildman–Crippen LogP) is 4.54. The van der Waals surface area contributed by atoms with Gasteiger partial charge in [-0.2, -0.15) is 0 Å². The van der Waals surface area contributed by atoms with Crippen molar-refractivity contribution < 1.29 is 13.9 Å². The van der Waals surface area contributed by atoms with Crippen molar-refractivity contribution in [3.05, 3.63) is 46.9 Å². The molecule has 0 aliphatic rings. The summed E-state index contributed by atoms with van der Waals surface area (Å²) in [5.41, 5.74) is 1.58. The molecule has 0 spiro atoms. The molecule has 6 heteroatoms. The summed E-state index contributed by atoms with van der Waals surface area (Å²) in [7, 11) is 0. The maximum atomic E-state index is 13.9. The average molecular weight is 339 g/mol. The number of nitrogens with one attached hydrogen (secondary N) is 2. The number of aromatic amines is 1. The van der Waals surface area contributed by atoms with Crippen LogP contribution in [0.5, 0.6) is 0 Å². The molecule has 4 nitrogen and oxygen atoms in total. The molecule has 124 valence electrons. The van der Waals surface area contributed by atoms with Gasteiger partial charge >= 0.3 is 6.09 Å². The third-order valence-electron chi connectivity index (χ3n) is 3.05. The van der Waals surface area contributed by atoms with Gasteiger partial charge in [-0.25, -0.2) is 9.18 Å². The van der Waals surface area contributed by atoms with Gasteiger partial charge in [0.25, 0.3) is 0 Å². The summed E-state index contributed by atoms with van der Waals surface area (Å²) < 4.78 is 19.0. The van der Waals surface area contributed by atoms with E-state index in [9.17, 15) is 9.18 Å². The molecule has 0 aliphatic heterocycles. The SMILES string of the molecule is CC(C)(C)OC(=O)NCCc1c[nH]c(-c2ccc(Cl)cc2F)c1. The van der Waals surface area contributed by atoms with Gasteiger partial charge in [-0.1, -0.05) is 11.6 Å². The Kier molecular flexibility index (Phi) is 5.31. The van der Waals surface area contributed by atoms with Crippen molar-refractivity contribution in [1.29, 1.82) is 0 Å². The third kappa shape index (κ3) is 5.28. The molecule has 0 bridgehead atoms. The van der Waals surface area contributed by atoms with Crippen LogP contribution in [0, 0.1) is 5.82 Å². The molecule has 0 saturated carbocycles. The molecule has 2 aromatic rings. The molecule has 1 aromatic heterocycles. The molecule has 2 N–H and O–H groups in total. The second-order valence-corrected chi connectivity index (χ2v) is 6.66. The number of halogens is 2. The van der Waals surface area contributed by atoms with Gasteiger partial charge in [-0.05, 0) is 57.0 Å². The molecule has 0 fully saturated rings. The van der Waals surface area contributed by atoms with E-state index in [-0.39, 0.29) is 5.82 Å². The highest BCUT2D eigenvalue weighted by atomic mass is 35.5. The molecular weight excluding hydrogens is 319 g/mol. The van der Waals surface area contributed by atoms with E-state index in [2.05, 4.69) is 10.3 Å². The highest BCUT2D eigenvalue weighted by molar-refractivity contribution is 6.30. The molecule has 0 saturated heterocycles. The molecule has 0 unspecified atom stereocenters. The molecule has 1 heterocycles. The average Bonchev–Trinajstić information content (AvgIpc) is 2.85. The van der Waals surface area contributed by atoms with Crippen LogP contribution in [0.3, 0.4) is 0 Å². The smallest absolute Gasteiger partial charge is 0.407 e. The number of carbonyl (C=O) groups is 1. The maximum absolute atomic E-state index is 13.9. The second-order valence-electron chi connectivity index (χ2n) is 6.22. The zero-order chi connectivity index (χ0) is 17.0. The first-order chi connectivity index (χ1) is 10.7. The van der Waals surface area contributed by atoms with Crippen molar-refractivity contribution in [3.8, 4) is 11.3 Å². The summed E-state index contributed by atoms with van der Waals surface area (Å²) in [4.78, 5) is 14.6. The molecule has 23 heavy (non-hydrogen) atoms. The lowest BCUT2D eigenvalue weighted by atomic mass is 10.1. The number of benzene rings is 1. The Hall–Kier alpha value is -2.01. The Balaban J connectivity index is 1.91. The number of H-pyrrole nitrogens is 1. The fourth-order valence-corrected chi connectivity index (χ4v) is 2.23. The van der Waals surface area contributed by atoms with Gasteiger partial charge in [-0.3, -0.25) is 0 Å². The molecule has 1 amide bonds. The lowest BCUT2D eigenvalue weighted by Crippen LogP contribution is -2.33. The topological polar surface area (TPSA) is 54.1 Å². The standard InChI is InChI=1S/C17H20ClFN2O2/c1-17(2,3)23-16(22)20-7-6-11-8-15(21-10-11)13-5-4-12(18)9-14(13)19/h4-5,8-10,21H,6-7H2,1-3H3,(H,20,22). The van der Waals surface area contributed by atoms with Gasteiger partial charge in [0.05, 0.1) is 0 Å². The van der Waals surface area contributed by atoms with Crippen molar-refractivity contribution in [2.75, 3.05) is 6.54 Å². The van der Waals surface area contributed by atoms with Crippen molar-refractivity contribution in [2.24, 2.45) is 0 Å². The fraction of sp³-hybridized carbons (Fsp3) is 0.353. The second kappa shape index (κ2) is 7.04. The van der Waals surface area contributed by atoms with E-state index in [0.717, 1.165) is 5.56 Å². The van der Waals surface area contributed by atoms with Gasteiger partial charge in [0.15, 0.2) is 0 Å². The summed E-state index contributed by atoms with van der Waals surface area (Å²) in [6.45, 7) is 5.87. The van der Waals surface area contributed by atoms with Crippen LogP contribution in [0.15, 0.2) is 30.5 Å². The third-order valence-corrected chi connectivity index (χ3v) is 3.28. The highest BCUT2D eigenvalue weighted by Gasteiger charge is 2.15.